The molecule has 0 heterocycles. The van der Waals surface area contributed by atoms with Crippen molar-refractivity contribution in [1.29, 1.82) is 0 Å². The van der Waals surface area contributed by atoms with Crippen molar-refractivity contribution in [3.05, 3.63) is 47.5 Å². The summed E-state index contributed by atoms with van der Waals surface area (Å²) in [6, 6.07) is 11.8. The number of nitrogens with one attached hydrogen (secondary N) is 2. The Morgan fingerprint density at radius 2 is 1.68 bits per heavy atom. The number of nitrogen functional groups attached to an aromatic ring is 1. The lowest BCUT2D eigenvalue weighted by atomic mass is 10.3. The number of amides is 2. The Morgan fingerprint density at radius 3 is 2.27 bits per heavy atom. The Labute approximate surface area is 137 Å². The van der Waals surface area contributed by atoms with Crippen molar-refractivity contribution in [2.24, 2.45) is 0 Å². The van der Waals surface area contributed by atoms with Gasteiger partial charge in [0.25, 0.3) is 0 Å². The maximum absolute atomic E-state index is 11.9. The molecule has 2 aromatic rings. The zero-order valence-corrected chi connectivity index (χ0v) is 13.3. The summed E-state index contributed by atoms with van der Waals surface area (Å²) in [5.74, 6) is -1.54. The van der Waals surface area contributed by atoms with Crippen LogP contribution in [0.4, 0.5) is 17.1 Å². The van der Waals surface area contributed by atoms with Crippen molar-refractivity contribution in [1.82, 2.24) is 0 Å². The zero-order valence-electron chi connectivity index (χ0n) is 11.7. The first kappa shape index (κ1) is 16.2. The van der Waals surface area contributed by atoms with Crippen LogP contribution >= 0.6 is 23.4 Å². The van der Waals surface area contributed by atoms with Crippen LogP contribution < -0.4 is 16.4 Å². The van der Waals surface area contributed by atoms with Gasteiger partial charge in [0, 0.05) is 16.3 Å². The lowest BCUT2D eigenvalue weighted by Crippen LogP contribution is -2.29. The van der Waals surface area contributed by atoms with Crippen molar-refractivity contribution in [2.45, 2.75) is 4.90 Å². The van der Waals surface area contributed by atoms with Crippen LogP contribution in [0, 0.1) is 0 Å². The van der Waals surface area contributed by atoms with E-state index >= 15 is 0 Å². The topological polar surface area (TPSA) is 84.2 Å². The molecule has 4 N–H and O–H groups in total. The average Bonchev–Trinajstić information content (AvgIpc) is 2.51. The third-order valence-corrected chi connectivity index (χ3v) is 3.84. The van der Waals surface area contributed by atoms with Crippen LogP contribution in [-0.4, -0.2) is 18.1 Å². The first-order valence-electron chi connectivity index (χ1n) is 6.31. The molecule has 0 atom stereocenters. The fraction of sp³-hybridized carbons (Fsp3) is 0.0667. The summed E-state index contributed by atoms with van der Waals surface area (Å²) in [4.78, 5) is 24.7. The number of hydrogen-bond donors (Lipinski definition) is 3. The predicted molar refractivity (Wildman–Crippen MR) is 91.3 cm³/mol. The Balaban J connectivity index is 2.02. The van der Waals surface area contributed by atoms with Crippen molar-refractivity contribution in [2.75, 3.05) is 22.6 Å². The largest absolute Gasteiger partial charge is 0.398 e. The van der Waals surface area contributed by atoms with E-state index in [4.69, 9.17) is 17.3 Å². The van der Waals surface area contributed by atoms with Gasteiger partial charge in [-0.25, -0.2) is 0 Å². The van der Waals surface area contributed by atoms with Gasteiger partial charge < -0.3 is 16.4 Å². The molecule has 0 saturated heterocycles. The standard InChI is InChI=1S/C15H14ClN3O2S/c1-22-11-4-2-3-9(7-11)18-14(20)15(21)19-10-5-6-13(17)12(16)8-10/h2-8H,17H2,1H3,(H,18,20)(H,19,21). The van der Waals surface area contributed by atoms with E-state index < -0.39 is 11.8 Å². The monoisotopic (exact) mass is 335 g/mol. The third-order valence-electron chi connectivity index (χ3n) is 2.79. The van der Waals surface area contributed by atoms with E-state index in [0.717, 1.165) is 4.90 Å². The Morgan fingerprint density at radius 1 is 1.05 bits per heavy atom. The van der Waals surface area contributed by atoms with Crippen LogP contribution in [0.5, 0.6) is 0 Å². The van der Waals surface area contributed by atoms with Gasteiger partial charge in [-0.3, -0.25) is 9.59 Å². The highest BCUT2D eigenvalue weighted by Gasteiger charge is 2.14. The van der Waals surface area contributed by atoms with E-state index in [1.165, 1.54) is 6.07 Å². The van der Waals surface area contributed by atoms with Gasteiger partial charge in [-0.1, -0.05) is 17.7 Å². The molecule has 0 unspecified atom stereocenters. The molecule has 0 bridgehead atoms. The fourth-order valence-electron chi connectivity index (χ4n) is 1.68. The first-order chi connectivity index (χ1) is 10.5. The third kappa shape index (κ3) is 4.16. The van der Waals surface area contributed by atoms with Gasteiger partial charge in [0.05, 0.1) is 10.7 Å². The molecule has 0 aliphatic heterocycles. The molecule has 114 valence electrons. The number of carbonyl (C=O) groups is 2. The number of anilines is 3. The van der Waals surface area contributed by atoms with Crippen LogP contribution in [0.2, 0.25) is 5.02 Å². The van der Waals surface area contributed by atoms with Gasteiger partial charge in [-0.2, -0.15) is 0 Å². The molecule has 0 saturated carbocycles. The van der Waals surface area contributed by atoms with Crippen LogP contribution in [0.3, 0.4) is 0 Å². The van der Waals surface area contributed by atoms with E-state index in [0.29, 0.717) is 22.1 Å². The van der Waals surface area contributed by atoms with E-state index in [1.807, 2.05) is 12.3 Å². The smallest absolute Gasteiger partial charge is 0.314 e. The van der Waals surface area contributed by atoms with Gasteiger partial charge in [-0.15, -0.1) is 11.8 Å². The Bertz CT molecular complexity index is 722. The molecule has 0 aromatic heterocycles. The molecule has 2 amide bonds. The molecular formula is C15H14ClN3O2S. The molecule has 0 spiro atoms. The van der Waals surface area contributed by atoms with E-state index in [2.05, 4.69) is 10.6 Å². The normalized spacial score (nSPS) is 10.1. The summed E-state index contributed by atoms with van der Waals surface area (Å²) >= 11 is 7.41. The van der Waals surface area contributed by atoms with Crippen LogP contribution in [0.25, 0.3) is 0 Å². The second-order valence-corrected chi connectivity index (χ2v) is 5.66. The summed E-state index contributed by atoms with van der Waals surface area (Å²) in [7, 11) is 0. The maximum Gasteiger partial charge on any atom is 0.314 e. The summed E-state index contributed by atoms with van der Waals surface area (Å²) in [5, 5.41) is 5.31. The maximum atomic E-state index is 11.9. The summed E-state index contributed by atoms with van der Waals surface area (Å²) in [5.41, 5.74) is 6.94. The number of thioether (sulfide) groups is 1. The van der Waals surface area contributed by atoms with Crippen LogP contribution in [0.1, 0.15) is 0 Å². The second kappa shape index (κ2) is 7.20. The first-order valence-corrected chi connectivity index (χ1v) is 7.91. The minimum atomic E-state index is -0.782. The van der Waals surface area contributed by atoms with Crippen molar-refractivity contribution in [3.63, 3.8) is 0 Å². The number of rotatable bonds is 3. The average molecular weight is 336 g/mol. The summed E-state index contributed by atoms with van der Waals surface area (Å²) in [6.07, 6.45) is 1.93. The highest BCUT2D eigenvalue weighted by atomic mass is 35.5. The lowest BCUT2D eigenvalue weighted by molar-refractivity contribution is -0.132. The van der Waals surface area contributed by atoms with E-state index in [9.17, 15) is 9.59 Å². The second-order valence-electron chi connectivity index (χ2n) is 4.38. The number of benzene rings is 2. The highest BCUT2D eigenvalue weighted by Crippen LogP contribution is 2.22. The number of nitrogens with two attached hydrogens (primary N) is 1. The molecule has 0 aliphatic rings. The number of hydrogen-bond acceptors (Lipinski definition) is 4. The zero-order chi connectivity index (χ0) is 16.1. The van der Waals surface area contributed by atoms with Crippen molar-refractivity contribution < 1.29 is 9.59 Å². The van der Waals surface area contributed by atoms with Crippen LogP contribution in [-0.2, 0) is 9.59 Å². The molecule has 2 rings (SSSR count). The predicted octanol–water partition coefficient (Wildman–Crippen LogP) is 3.22. The summed E-state index contributed by atoms with van der Waals surface area (Å²) in [6.45, 7) is 0. The van der Waals surface area contributed by atoms with E-state index in [1.54, 1.807) is 42.1 Å². The number of carbonyl (C=O) groups excluding carboxylic acids is 2. The van der Waals surface area contributed by atoms with Gasteiger partial charge in [0.2, 0.25) is 0 Å². The molecule has 5 nitrogen and oxygen atoms in total. The fourth-order valence-corrected chi connectivity index (χ4v) is 2.32. The molecule has 7 heteroatoms. The molecule has 0 fully saturated rings. The quantitative estimate of drug-likeness (QED) is 0.457. The minimum absolute atomic E-state index is 0.311. The number of halogens is 1. The van der Waals surface area contributed by atoms with E-state index in [-0.39, 0.29) is 0 Å². The van der Waals surface area contributed by atoms with Crippen LogP contribution in [0.15, 0.2) is 47.4 Å². The van der Waals surface area contributed by atoms with Gasteiger partial charge in [0.15, 0.2) is 0 Å². The minimum Gasteiger partial charge on any atom is -0.398 e. The molecule has 2 aromatic carbocycles. The lowest BCUT2D eigenvalue weighted by Gasteiger charge is -2.08. The Kier molecular flexibility index (Phi) is 5.30. The molecular weight excluding hydrogens is 322 g/mol. The summed E-state index contributed by atoms with van der Waals surface area (Å²) < 4.78 is 0. The Hall–Kier alpha value is -2.18. The highest BCUT2D eigenvalue weighted by molar-refractivity contribution is 7.98. The van der Waals surface area contributed by atoms with Gasteiger partial charge >= 0.3 is 11.8 Å². The van der Waals surface area contributed by atoms with Crippen molar-refractivity contribution >= 4 is 52.2 Å². The molecule has 0 aliphatic carbocycles. The van der Waals surface area contributed by atoms with Crippen molar-refractivity contribution in [3.8, 4) is 0 Å². The molecule has 22 heavy (non-hydrogen) atoms. The molecule has 0 radical (unpaired) electrons. The van der Waals surface area contributed by atoms with Gasteiger partial charge in [0.1, 0.15) is 0 Å². The SMILES string of the molecule is CSc1cccc(NC(=O)C(=O)Nc2ccc(N)c(Cl)c2)c1. The van der Waals surface area contributed by atoms with Gasteiger partial charge in [-0.05, 0) is 42.7 Å².